The van der Waals surface area contributed by atoms with E-state index in [2.05, 4.69) is 10.4 Å². The van der Waals surface area contributed by atoms with E-state index in [1.165, 1.54) is 14.2 Å². The lowest BCUT2D eigenvalue weighted by Gasteiger charge is -2.11. The molecule has 0 aliphatic rings. The lowest BCUT2D eigenvalue weighted by molar-refractivity contribution is 0.0520. The molecule has 0 atom stereocenters. The van der Waals surface area contributed by atoms with Gasteiger partial charge in [-0.3, -0.25) is 9.59 Å². The van der Waals surface area contributed by atoms with Crippen LogP contribution in [0.25, 0.3) is 16.5 Å². The Morgan fingerprint density at radius 1 is 1.14 bits per heavy atom. The van der Waals surface area contributed by atoms with Gasteiger partial charge in [0.05, 0.1) is 37.5 Å². The Hall–Kier alpha value is -3.89. The van der Waals surface area contributed by atoms with E-state index in [0.717, 1.165) is 16.0 Å². The number of carbonyl (C=O) groups excluding carboxylic acids is 2. The molecule has 0 unspecified atom stereocenters. The van der Waals surface area contributed by atoms with Crippen LogP contribution >= 0.6 is 22.9 Å². The molecule has 0 spiro atoms. The first-order valence-electron chi connectivity index (χ1n) is 10.4. The second-order valence-corrected chi connectivity index (χ2v) is 8.46. The summed E-state index contributed by atoms with van der Waals surface area (Å²) in [4.78, 5) is 39.3. The number of carbonyl (C=O) groups is 2. The maximum absolute atomic E-state index is 13.5. The van der Waals surface area contributed by atoms with Gasteiger partial charge in [0.25, 0.3) is 11.5 Å². The Bertz CT molecular complexity index is 1500. The van der Waals surface area contributed by atoms with Crippen LogP contribution in [0.3, 0.4) is 0 Å². The van der Waals surface area contributed by atoms with Crippen LogP contribution in [0, 0.1) is 0 Å². The van der Waals surface area contributed by atoms with Crippen molar-refractivity contribution in [2.45, 2.75) is 6.92 Å². The summed E-state index contributed by atoms with van der Waals surface area (Å²) in [5, 5.41) is 9.63. The maximum atomic E-state index is 13.5. The van der Waals surface area contributed by atoms with Gasteiger partial charge in [-0.05, 0) is 37.3 Å². The van der Waals surface area contributed by atoms with Crippen molar-refractivity contribution in [3.8, 4) is 17.2 Å². The fraction of sp³-hybridized carbons (Fsp3) is 0.167. The number of benzene rings is 2. The highest BCUT2D eigenvalue weighted by Gasteiger charge is 2.24. The van der Waals surface area contributed by atoms with E-state index in [4.69, 9.17) is 25.8 Å². The third kappa shape index (κ3) is 4.71. The molecule has 0 aliphatic heterocycles. The zero-order valence-corrected chi connectivity index (χ0v) is 20.5. The predicted octanol–water partition coefficient (Wildman–Crippen LogP) is 4.55. The highest BCUT2D eigenvalue weighted by atomic mass is 35.5. The summed E-state index contributed by atoms with van der Waals surface area (Å²) in [5.41, 5.74) is 0.00806. The number of halogens is 1. The molecule has 35 heavy (non-hydrogen) atoms. The monoisotopic (exact) mass is 513 g/mol. The van der Waals surface area contributed by atoms with Crippen LogP contribution in [-0.2, 0) is 4.74 Å². The minimum absolute atomic E-state index is 0.0554. The van der Waals surface area contributed by atoms with Gasteiger partial charge in [-0.2, -0.15) is 9.78 Å². The number of hydrogen-bond donors (Lipinski definition) is 1. The van der Waals surface area contributed by atoms with Crippen LogP contribution in [0.4, 0.5) is 5.00 Å². The van der Waals surface area contributed by atoms with Crippen LogP contribution in [0.15, 0.2) is 52.6 Å². The SMILES string of the molecule is CCOC(=O)c1nn(-c2cccc(Cl)c2)c(=O)c2c(NC(=O)c3ccc(OC)cc3OC)scc12. The molecular weight excluding hydrogens is 494 g/mol. The molecule has 2 heterocycles. The summed E-state index contributed by atoms with van der Waals surface area (Å²) < 4.78 is 16.7. The van der Waals surface area contributed by atoms with Gasteiger partial charge in [0.15, 0.2) is 5.69 Å². The fourth-order valence-corrected chi connectivity index (χ4v) is 4.55. The van der Waals surface area contributed by atoms with Crippen LogP contribution < -0.4 is 20.3 Å². The Morgan fingerprint density at radius 2 is 1.94 bits per heavy atom. The zero-order valence-electron chi connectivity index (χ0n) is 19.0. The van der Waals surface area contributed by atoms with Crippen LogP contribution in [0.5, 0.6) is 11.5 Å². The molecule has 180 valence electrons. The summed E-state index contributed by atoms with van der Waals surface area (Å²) in [5.74, 6) is -0.375. The van der Waals surface area contributed by atoms with Gasteiger partial charge in [-0.25, -0.2) is 4.79 Å². The van der Waals surface area contributed by atoms with Crippen molar-refractivity contribution < 1.29 is 23.8 Å². The normalized spacial score (nSPS) is 10.7. The highest BCUT2D eigenvalue weighted by molar-refractivity contribution is 7.16. The molecule has 2 aromatic heterocycles. The van der Waals surface area contributed by atoms with Crippen molar-refractivity contribution in [3.63, 3.8) is 0 Å². The van der Waals surface area contributed by atoms with Gasteiger partial charge in [-0.1, -0.05) is 17.7 Å². The number of anilines is 1. The molecular formula is C24H20ClN3O6S. The highest BCUT2D eigenvalue weighted by Crippen LogP contribution is 2.32. The van der Waals surface area contributed by atoms with Crippen LogP contribution in [0.2, 0.25) is 5.02 Å². The molecule has 1 amide bonds. The van der Waals surface area contributed by atoms with Gasteiger partial charge in [0.2, 0.25) is 0 Å². The fourth-order valence-electron chi connectivity index (χ4n) is 3.43. The Morgan fingerprint density at radius 3 is 2.63 bits per heavy atom. The Kier molecular flexibility index (Phi) is 7.04. The smallest absolute Gasteiger partial charge is 0.359 e. The van der Waals surface area contributed by atoms with Gasteiger partial charge >= 0.3 is 5.97 Å². The summed E-state index contributed by atoms with van der Waals surface area (Å²) in [6.45, 7) is 1.80. The van der Waals surface area contributed by atoms with E-state index < -0.39 is 17.4 Å². The number of rotatable bonds is 7. The number of hydrogen-bond acceptors (Lipinski definition) is 8. The number of amides is 1. The van der Waals surface area contributed by atoms with Gasteiger partial charge in [0.1, 0.15) is 16.5 Å². The Balaban J connectivity index is 1.86. The van der Waals surface area contributed by atoms with Gasteiger partial charge in [-0.15, -0.1) is 11.3 Å². The molecule has 0 saturated carbocycles. The minimum Gasteiger partial charge on any atom is -0.497 e. The first kappa shape index (κ1) is 24.2. The number of fused-ring (bicyclic) bond motifs is 1. The van der Waals surface area contributed by atoms with Gasteiger partial charge < -0.3 is 19.5 Å². The number of ether oxygens (including phenoxy) is 3. The molecule has 11 heteroatoms. The third-order valence-corrected chi connectivity index (χ3v) is 6.18. The van der Waals surface area contributed by atoms with Crippen molar-refractivity contribution in [3.05, 3.63) is 74.5 Å². The van der Waals surface area contributed by atoms with E-state index in [9.17, 15) is 14.4 Å². The number of nitrogens with zero attached hydrogens (tertiary/aromatic N) is 2. The first-order valence-corrected chi connectivity index (χ1v) is 11.6. The van der Waals surface area contributed by atoms with E-state index in [0.29, 0.717) is 22.2 Å². The molecule has 4 rings (SSSR count). The van der Waals surface area contributed by atoms with E-state index in [1.807, 2.05) is 0 Å². The first-order chi connectivity index (χ1) is 16.9. The molecule has 0 bridgehead atoms. The van der Waals surface area contributed by atoms with E-state index in [-0.39, 0.29) is 33.6 Å². The van der Waals surface area contributed by atoms with Crippen molar-refractivity contribution in [2.24, 2.45) is 0 Å². The van der Waals surface area contributed by atoms with Crippen LogP contribution in [0.1, 0.15) is 27.8 Å². The van der Waals surface area contributed by atoms with Gasteiger partial charge in [0, 0.05) is 21.9 Å². The molecule has 2 aromatic carbocycles. The van der Waals surface area contributed by atoms with Crippen LogP contribution in [-0.4, -0.2) is 42.5 Å². The van der Waals surface area contributed by atoms with Crippen molar-refractivity contribution in [2.75, 3.05) is 26.1 Å². The van der Waals surface area contributed by atoms with E-state index in [1.54, 1.807) is 54.8 Å². The number of methoxy groups -OCH3 is 2. The van der Waals surface area contributed by atoms with E-state index >= 15 is 0 Å². The molecule has 4 aromatic rings. The van der Waals surface area contributed by atoms with Crippen molar-refractivity contribution in [1.29, 1.82) is 0 Å². The second kappa shape index (κ2) is 10.2. The third-order valence-electron chi connectivity index (χ3n) is 5.05. The summed E-state index contributed by atoms with van der Waals surface area (Å²) in [6.07, 6.45) is 0. The zero-order chi connectivity index (χ0) is 25.1. The molecule has 0 aliphatic carbocycles. The lowest BCUT2D eigenvalue weighted by Crippen LogP contribution is -2.25. The number of thiophene rings is 1. The average molecular weight is 514 g/mol. The maximum Gasteiger partial charge on any atom is 0.359 e. The number of esters is 1. The number of aromatic nitrogens is 2. The average Bonchev–Trinajstić information content (AvgIpc) is 3.27. The predicted molar refractivity (Wildman–Crippen MR) is 134 cm³/mol. The van der Waals surface area contributed by atoms with Crippen molar-refractivity contribution in [1.82, 2.24) is 9.78 Å². The minimum atomic E-state index is -0.694. The summed E-state index contributed by atoms with van der Waals surface area (Å²) >= 11 is 7.20. The largest absolute Gasteiger partial charge is 0.497 e. The molecule has 0 fully saturated rings. The molecule has 0 radical (unpaired) electrons. The summed E-state index contributed by atoms with van der Waals surface area (Å²) in [6, 6.07) is 11.2. The Labute approximate surface area is 208 Å². The number of nitrogens with one attached hydrogen (secondary N) is 1. The molecule has 1 N–H and O–H groups in total. The topological polar surface area (TPSA) is 109 Å². The quantitative estimate of drug-likeness (QED) is 0.361. The lowest BCUT2D eigenvalue weighted by atomic mass is 10.1. The molecule has 0 saturated heterocycles. The van der Waals surface area contributed by atoms with Crippen molar-refractivity contribution >= 4 is 50.6 Å². The molecule has 9 nitrogen and oxygen atoms in total. The summed E-state index contributed by atoms with van der Waals surface area (Å²) in [7, 11) is 2.94. The second-order valence-electron chi connectivity index (χ2n) is 7.14. The standard InChI is InChI=1S/C24H20ClN3O6S/c1-4-34-24(31)20-17-12-35-22(26-21(29)16-9-8-15(32-2)11-18(16)33-3)19(17)23(30)28(27-20)14-7-5-6-13(25)10-14/h5-12H,4H2,1-3H3,(H,26,29).